The van der Waals surface area contributed by atoms with Gasteiger partial charge in [-0.3, -0.25) is 4.79 Å². The standard InChI is InChI=1S/C18H17N5O/c19-12-13-3-1-4-14(11-13)17(24)22-9-5-16-15(22)6-10-23(16)18-20-7-2-8-21-18/h1-4,7-8,11,15-16H,5-6,9-10H2/t15-,16+/m1/s1. The van der Waals surface area contributed by atoms with Gasteiger partial charge in [0.15, 0.2) is 0 Å². The summed E-state index contributed by atoms with van der Waals surface area (Å²) in [6.07, 6.45) is 5.35. The first-order valence-electron chi connectivity index (χ1n) is 8.13. The highest BCUT2D eigenvalue weighted by atomic mass is 16.2. The van der Waals surface area contributed by atoms with Crippen LogP contribution in [0.2, 0.25) is 0 Å². The summed E-state index contributed by atoms with van der Waals surface area (Å²) in [4.78, 5) is 25.7. The minimum atomic E-state index is 0.00966. The quantitative estimate of drug-likeness (QED) is 0.844. The van der Waals surface area contributed by atoms with Gasteiger partial charge in [-0.15, -0.1) is 0 Å². The van der Waals surface area contributed by atoms with Crippen molar-refractivity contribution in [3.8, 4) is 6.07 Å². The highest BCUT2D eigenvalue weighted by Gasteiger charge is 2.45. The van der Waals surface area contributed by atoms with E-state index in [-0.39, 0.29) is 18.0 Å². The molecule has 3 heterocycles. The van der Waals surface area contributed by atoms with Crippen LogP contribution in [0.5, 0.6) is 0 Å². The smallest absolute Gasteiger partial charge is 0.254 e. The molecule has 0 radical (unpaired) electrons. The maximum atomic E-state index is 12.9. The molecule has 0 bridgehead atoms. The Morgan fingerprint density at radius 1 is 1.12 bits per heavy atom. The fourth-order valence-corrected chi connectivity index (χ4v) is 3.81. The van der Waals surface area contributed by atoms with Crippen molar-refractivity contribution >= 4 is 11.9 Å². The van der Waals surface area contributed by atoms with E-state index in [1.165, 1.54) is 0 Å². The van der Waals surface area contributed by atoms with Gasteiger partial charge in [0.2, 0.25) is 5.95 Å². The Hall–Kier alpha value is -2.94. The lowest BCUT2D eigenvalue weighted by atomic mass is 10.1. The van der Waals surface area contributed by atoms with E-state index in [1.54, 1.807) is 36.7 Å². The van der Waals surface area contributed by atoms with Crippen LogP contribution in [0.3, 0.4) is 0 Å². The van der Waals surface area contributed by atoms with Crippen LogP contribution >= 0.6 is 0 Å². The molecule has 2 aromatic rings. The van der Waals surface area contributed by atoms with Crippen LogP contribution in [0.4, 0.5) is 5.95 Å². The summed E-state index contributed by atoms with van der Waals surface area (Å²) >= 11 is 0. The van der Waals surface area contributed by atoms with E-state index >= 15 is 0 Å². The Bertz CT molecular complexity index is 801. The number of nitrogens with zero attached hydrogens (tertiary/aromatic N) is 5. The van der Waals surface area contributed by atoms with Gasteiger partial charge in [0, 0.05) is 31.0 Å². The Morgan fingerprint density at radius 2 is 1.92 bits per heavy atom. The van der Waals surface area contributed by atoms with Gasteiger partial charge in [-0.1, -0.05) is 6.07 Å². The van der Waals surface area contributed by atoms with E-state index in [9.17, 15) is 4.79 Å². The molecule has 0 spiro atoms. The van der Waals surface area contributed by atoms with Crippen LogP contribution in [0, 0.1) is 11.3 Å². The third-order valence-corrected chi connectivity index (χ3v) is 4.88. The van der Waals surface area contributed by atoms with Gasteiger partial charge in [-0.05, 0) is 37.1 Å². The lowest BCUT2D eigenvalue weighted by Gasteiger charge is -2.25. The zero-order valence-corrected chi connectivity index (χ0v) is 13.2. The van der Waals surface area contributed by atoms with E-state index in [2.05, 4.69) is 20.9 Å². The Balaban J connectivity index is 1.55. The van der Waals surface area contributed by atoms with Gasteiger partial charge < -0.3 is 9.80 Å². The van der Waals surface area contributed by atoms with E-state index in [0.29, 0.717) is 11.1 Å². The molecule has 2 aliphatic rings. The molecule has 0 aliphatic carbocycles. The van der Waals surface area contributed by atoms with Crippen molar-refractivity contribution in [3.63, 3.8) is 0 Å². The number of aromatic nitrogens is 2. The number of rotatable bonds is 2. The van der Waals surface area contributed by atoms with Gasteiger partial charge in [0.25, 0.3) is 5.91 Å². The van der Waals surface area contributed by atoms with Gasteiger partial charge >= 0.3 is 0 Å². The molecule has 2 aliphatic heterocycles. The fraction of sp³-hybridized carbons (Fsp3) is 0.333. The average molecular weight is 319 g/mol. The van der Waals surface area contributed by atoms with Crippen molar-refractivity contribution in [3.05, 3.63) is 53.9 Å². The molecular formula is C18H17N5O. The second-order valence-corrected chi connectivity index (χ2v) is 6.15. The van der Waals surface area contributed by atoms with Crippen molar-refractivity contribution < 1.29 is 4.79 Å². The number of fused-ring (bicyclic) bond motifs is 1. The molecule has 6 heteroatoms. The minimum absolute atomic E-state index is 0.00966. The second kappa shape index (κ2) is 5.93. The summed E-state index contributed by atoms with van der Waals surface area (Å²) < 4.78 is 0. The monoisotopic (exact) mass is 319 g/mol. The number of carbonyl (C=O) groups excluding carboxylic acids is 1. The van der Waals surface area contributed by atoms with Gasteiger partial charge in [-0.2, -0.15) is 5.26 Å². The first-order chi connectivity index (χ1) is 11.8. The van der Waals surface area contributed by atoms with Crippen molar-refractivity contribution in [1.82, 2.24) is 14.9 Å². The van der Waals surface area contributed by atoms with Crippen LogP contribution in [-0.4, -0.2) is 45.9 Å². The third-order valence-electron chi connectivity index (χ3n) is 4.88. The highest BCUT2D eigenvalue weighted by molar-refractivity contribution is 5.95. The summed E-state index contributed by atoms with van der Waals surface area (Å²) in [6.45, 7) is 1.59. The lowest BCUT2D eigenvalue weighted by Crippen LogP contribution is -2.40. The molecule has 4 rings (SSSR count). The number of benzene rings is 1. The predicted molar refractivity (Wildman–Crippen MR) is 88.4 cm³/mol. The molecule has 1 aromatic carbocycles. The molecule has 1 amide bonds. The van der Waals surface area contributed by atoms with Crippen molar-refractivity contribution in [2.45, 2.75) is 24.9 Å². The molecule has 0 unspecified atom stereocenters. The van der Waals surface area contributed by atoms with E-state index in [4.69, 9.17) is 5.26 Å². The normalized spacial score (nSPS) is 22.3. The van der Waals surface area contributed by atoms with Crippen LogP contribution in [0.15, 0.2) is 42.7 Å². The van der Waals surface area contributed by atoms with Crippen molar-refractivity contribution in [2.24, 2.45) is 0 Å². The van der Waals surface area contributed by atoms with E-state index in [1.807, 2.05) is 11.0 Å². The van der Waals surface area contributed by atoms with Crippen LogP contribution in [0.25, 0.3) is 0 Å². The zero-order chi connectivity index (χ0) is 16.5. The molecule has 2 saturated heterocycles. The number of anilines is 1. The van der Waals surface area contributed by atoms with Gasteiger partial charge in [0.05, 0.1) is 23.7 Å². The van der Waals surface area contributed by atoms with Crippen molar-refractivity contribution in [1.29, 1.82) is 5.26 Å². The van der Waals surface area contributed by atoms with Crippen LogP contribution < -0.4 is 4.90 Å². The molecule has 2 fully saturated rings. The van der Waals surface area contributed by atoms with Gasteiger partial charge in [-0.25, -0.2) is 9.97 Å². The summed E-state index contributed by atoms with van der Waals surface area (Å²) in [7, 11) is 0. The molecule has 0 N–H and O–H groups in total. The first kappa shape index (κ1) is 14.6. The summed E-state index contributed by atoms with van der Waals surface area (Å²) in [5, 5.41) is 9.02. The highest BCUT2D eigenvalue weighted by Crippen LogP contribution is 2.34. The average Bonchev–Trinajstić information content (AvgIpc) is 3.24. The largest absolute Gasteiger partial charge is 0.336 e. The number of carbonyl (C=O) groups is 1. The molecule has 1 aromatic heterocycles. The number of likely N-dealkylation sites (tertiary alicyclic amines) is 1. The third kappa shape index (κ3) is 2.38. The van der Waals surface area contributed by atoms with Crippen molar-refractivity contribution in [2.75, 3.05) is 18.0 Å². The van der Waals surface area contributed by atoms with Crippen LogP contribution in [-0.2, 0) is 0 Å². The van der Waals surface area contributed by atoms with E-state index in [0.717, 1.165) is 31.9 Å². The molecular weight excluding hydrogens is 302 g/mol. The number of amides is 1. The maximum absolute atomic E-state index is 12.9. The predicted octanol–water partition coefficient (Wildman–Crippen LogP) is 1.84. The molecule has 2 atom stereocenters. The lowest BCUT2D eigenvalue weighted by molar-refractivity contribution is 0.0737. The number of nitriles is 1. The fourth-order valence-electron chi connectivity index (χ4n) is 3.81. The SMILES string of the molecule is N#Cc1cccc(C(=O)N2CC[C@H]3[C@H]2CCN3c2ncccn2)c1. The number of hydrogen-bond acceptors (Lipinski definition) is 5. The second-order valence-electron chi connectivity index (χ2n) is 6.15. The molecule has 120 valence electrons. The molecule has 24 heavy (non-hydrogen) atoms. The Kier molecular flexibility index (Phi) is 3.62. The summed E-state index contributed by atoms with van der Waals surface area (Å²) in [5.41, 5.74) is 1.10. The van der Waals surface area contributed by atoms with Gasteiger partial charge in [0.1, 0.15) is 0 Å². The Labute approximate surface area is 140 Å². The summed E-state index contributed by atoms with van der Waals surface area (Å²) in [6, 6.07) is 11.3. The summed E-state index contributed by atoms with van der Waals surface area (Å²) in [5.74, 6) is 0.751. The Morgan fingerprint density at radius 3 is 2.71 bits per heavy atom. The maximum Gasteiger partial charge on any atom is 0.254 e. The molecule has 6 nitrogen and oxygen atoms in total. The first-order valence-corrected chi connectivity index (χ1v) is 8.13. The minimum Gasteiger partial charge on any atom is -0.336 e. The number of hydrogen-bond donors (Lipinski definition) is 0. The van der Waals surface area contributed by atoms with Crippen LogP contribution in [0.1, 0.15) is 28.8 Å². The zero-order valence-electron chi connectivity index (χ0n) is 13.2. The molecule has 0 saturated carbocycles. The van der Waals surface area contributed by atoms with E-state index < -0.39 is 0 Å². The topological polar surface area (TPSA) is 73.1 Å².